The minimum atomic E-state index is -0.279. The summed E-state index contributed by atoms with van der Waals surface area (Å²) in [6.45, 7) is 0. The molecule has 2 nitrogen and oxygen atoms in total. The molecule has 64 valence electrons. The highest BCUT2D eigenvalue weighted by Crippen LogP contribution is 2.26. The molecule has 1 fully saturated rings. The Balaban J connectivity index is 2.18. The van der Waals surface area contributed by atoms with Crippen LogP contribution in [0.5, 0.6) is 0 Å². The fourth-order valence-corrected chi connectivity index (χ4v) is 1.16. The molecule has 1 aromatic carbocycles. The van der Waals surface area contributed by atoms with Crippen LogP contribution in [0.1, 0.15) is 12.8 Å². The molecular weight excluding hydrogens is 155 g/mol. The quantitative estimate of drug-likeness (QED) is 0.659. The summed E-state index contributed by atoms with van der Waals surface area (Å²) in [5.41, 5.74) is 6.73. The first-order valence-electron chi connectivity index (χ1n) is 4.06. The van der Waals surface area contributed by atoms with Gasteiger partial charge in [-0.3, -0.25) is 0 Å². The highest BCUT2D eigenvalue weighted by molar-refractivity contribution is 5.55. The van der Waals surface area contributed by atoms with Gasteiger partial charge < -0.3 is 11.1 Å². The van der Waals surface area contributed by atoms with Crippen molar-refractivity contribution in [1.29, 1.82) is 0 Å². The zero-order chi connectivity index (χ0) is 8.55. The van der Waals surface area contributed by atoms with Gasteiger partial charge in [-0.1, -0.05) is 0 Å². The number of hydrogen-bond acceptors (Lipinski definition) is 2. The Kier molecular flexibility index (Phi) is 1.64. The first-order valence-corrected chi connectivity index (χ1v) is 4.06. The van der Waals surface area contributed by atoms with Crippen LogP contribution in [0.3, 0.4) is 0 Å². The molecule has 0 spiro atoms. The Morgan fingerprint density at radius 1 is 1.33 bits per heavy atom. The summed E-state index contributed by atoms with van der Waals surface area (Å²) in [5, 5.41) is 3.18. The zero-order valence-electron chi connectivity index (χ0n) is 6.68. The lowest BCUT2D eigenvalue weighted by Crippen LogP contribution is -2.01. The first kappa shape index (κ1) is 7.40. The molecule has 3 N–H and O–H groups in total. The van der Waals surface area contributed by atoms with Gasteiger partial charge in [-0.25, -0.2) is 4.39 Å². The van der Waals surface area contributed by atoms with Crippen molar-refractivity contribution < 1.29 is 4.39 Å². The third-order valence-electron chi connectivity index (χ3n) is 1.87. The fraction of sp³-hybridized carbons (Fsp3) is 0.333. The molecule has 12 heavy (non-hydrogen) atoms. The summed E-state index contributed by atoms with van der Waals surface area (Å²) >= 11 is 0. The van der Waals surface area contributed by atoms with Crippen LogP contribution in [0.2, 0.25) is 0 Å². The van der Waals surface area contributed by atoms with Gasteiger partial charge in [-0.2, -0.15) is 0 Å². The molecule has 2 rings (SSSR count). The topological polar surface area (TPSA) is 38.0 Å². The number of rotatable bonds is 2. The Morgan fingerprint density at radius 3 is 2.67 bits per heavy atom. The second kappa shape index (κ2) is 2.66. The Hall–Kier alpha value is -1.25. The number of hydrogen-bond donors (Lipinski definition) is 2. The predicted molar refractivity (Wildman–Crippen MR) is 47.5 cm³/mol. The molecule has 0 aromatic heterocycles. The van der Waals surface area contributed by atoms with Gasteiger partial charge in [0.05, 0.1) is 0 Å². The largest absolute Gasteiger partial charge is 0.399 e. The van der Waals surface area contributed by atoms with Gasteiger partial charge in [0.25, 0.3) is 0 Å². The maximum atomic E-state index is 12.8. The Labute approximate surface area is 70.6 Å². The van der Waals surface area contributed by atoms with Crippen LogP contribution in [0.25, 0.3) is 0 Å². The summed E-state index contributed by atoms with van der Waals surface area (Å²) < 4.78 is 12.8. The van der Waals surface area contributed by atoms with Crippen LogP contribution in [-0.4, -0.2) is 6.04 Å². The van der Waals surface area contributed by atoms with Gasteiger partial charge in [0.2, 0.25) is 0 Å². The van der Waals surface area contributed by atoms with Gasteiger partial charge in [0, 0.05) is 17.4 Å². The van der Waals surface area contributed by atoms with Gasteiger partial charge in [0.1, 0.15) is 5.82 Å². The molecule has 0 unspecified atom stereocenters. The van der Waals surface area contributed by atoms with E-state index in [1.54, 1.807) is 6.07 Å². The molecule has 0 saturated heterocycles. The maximum absolute atomic E-state index is 12.8. The van der Waals surface area contributed by atoms with Crippen LogP contribution in [0.15, 0.2) is 18.2 Å². The highest BCUT2D eigenvalue weighted by atomic mass is 19.1. The van der Waals surface area contributed by atoms with E-state index in [1.165, 1.54) is 25.0 Å². The zero-order valence-corrected chi connectivity index (χ0v) is 6.68. The summed E-state index contributed by atoms with van der Waals surface area (Å²) in [4.78, 5) is 0. The van der Waals surface area contributed by atoms with E-state index < -0.39 is 0 Å². The normalized spacial score (nSPS) is 16.1. The molecule has 1 aliphatic carbocycles. The average molecular weight is 166 g/mol. The molecule has 0 heterocycles. The molecule has 0 bridgehead atoms. The van der Waals surface area contributed by atoms with Crippen molar-refractivity contribution in [3.8, 4) is 0 Å². The number of nitrogens with one attached hydrogen (secondary N) is 1. The lowest BCUT2D eigenvalue weighted by atomic mass is 10.2. The highest BCUT2D eigenvalue weighted by Gasteiger charge is 2.20. The second-order valence-corrected chi connectivity index (χ2v) is 3.19. The van der Waals surface area contributed by atoms with Crippen molar-refractivity contribution in [1.82, 2.24) is 0 Å². The number of benzene rings is 1. The van der Waals surface area contributed by atoms with E-state index >= 15 is 0 Å². The van der Waals surface area contributed by atoms with E-state index in [2.05, 4.69) is 5.32 Å². The van der Waals surface area contributed by atoms with E-state index in [9.17, 15) is 4.39 Å². The molecular formula is C9H11FN2. The van der Waals surface area contributed by atoms with Crippen LogP contribution in [0, 0.1) is 5.82 Å². The van der Waals surface area contributed by atoms with Crippen LogP contribution in [0.4, 0.5) is 15.8 Å². The van der Waals surface area contributed by atoms with Crippen LogP contribution >= 0.6 is 0 Å². The lowest BCUT2D eigenvalue weighted by Gasteiger charge is -2.04. The Bertz CT molecular complexity index is 274. The molecule has 0 aliphatic heterocycles. The average Bonchev–Trinajstić information content (AvgIpc) is 2.68. The van der Waals surface area contributed by atoms with E-state index in [-0.39, 0.29) is 5.82 Å². The molecule has 1 aliphatic rings. The van der Waals surface area contributed by atoms with Crippen LogP contribution < -0.4 is 11.1 Å². The summed E-state index contributed by atoms with van der Waals surface area (Å²) in [6, 6.07) is 5.07. The molecule has 0 radical (unpaired) electrons. The van der Waals surface area contributed by atoms with Crippen molar-refractivity contribution >= 4 is 11.4 Å². The third-order valence-corrected chi connectivity index (χ3v) is 1.87. The van der Waals surface area contributed by atoms with Crippen molar-refractivity contribution in [3.63, 3.8) is 0 Å². The monoisotopic (exact) mass is 166 g/mol. The van der Waals surface area contributed by atoms with Crippen LogP contribution in [-0.2, 0) is 0 Å². The summed E-state index contributed by atoms with van der Waals surface area (Å²) in [7, 11) is 0. The van der Waals surface area contributed by atoms with Gasteiger partial charge in [-0.05, 0) is 31.0 Å². The van der Waals surface area contributed by atoms with Crippen molar-refractivity contribution in [2.24, 2.45) is 0 Å². The SMILES string of the molecule is Nc1cc(F)cc(NC2CC2)c1. The smallest absolute Gasteiger partial charge is 0.127 e. The maximum Gasteiger partial charge on any atom is 0.127 e. The predicted octanol–water partition coefficient (Wildman–Crippen LogP) is 1.98. The summed E-state index contributed by atoms with van der Waals surface area (Å²) in [5.74, 6) is -0.279. The number of nitrogens with two attached hydrogens (primary N) is 1. The van der Waals surface area contributed by atoms with E-state index in [0.717, 1.165) is 5.69 Å². The molecule has 1 aromatic rings. The minimum Gasteiger partial charge on any atom is -0.399 e. The molecule has 0 atom stereocenters. The Morgan fingerprint density at radius 2 is 2.08 bits per heavy atom. The number of nitrogen functional groups attached to an aromatic ring is 1. The van der Waals surface area contributed by atoms with E-state index in [0.29, 0.717) is 11.7 Å². The molecule has 0 amide bonds. The van der Waals surface area contributed by atoms with Crippen molar-refractivity contribution in [2.75, 3.05) is 11.1 Å². The van der Waals surface area contributed by atoms with Gasteiger partial charge in [-0.15, -0.1) is 0 Å². The third kappa shape index (κ3) is 1.67. The van der Waals surface area contributed by atoms with Crippen molar-refractivity contribution in [2.45, 2.75) is 18.9 Å². The molecule has 3 heteroatoms. The van der Waals surface area contributed by atoms with Gasteiger partial charge >= 0.3 is 0 Å². The number of anilines is 2. The van der Waals surface area contributed by atoms with Crippen molar-refractivity contribution in [3.05, 3.63) is 24.0 Å². The van der Waals surface area contributed by atoms with Gasteiger partial charge in [0.15, 0.2) is 0 Å². The first-order chi connectivity index (χ1) is 5.74. The lowest BCUT2D eigenvalue weighted by molar-refractivity contribution is 0.629. The van der Waals surface area contributed by atoms with E-state index in [1.807, 2.05) is 0 Å². The second-order valence-electron chi connectivity index (χ2n) is 3.19. The summed E-state index contributed by atoms with van der Waals surface area (Å²) in [6.07, 6.45) is 2.35. The number of halogens is 1. The minimum absolute atomic E-state index is 0.279. The fourth-order valence-electron chi connectivity index (χ4n) is 1.16. The standard InChI is InChI=1S/C9H11FN2/c10-6-3-7(11)5-9(4-6)12-8-1-2-8/h3-5,8,12H,1-2,11H2. The molecule has 1 saturated carbocycles. The van der Waals surface area contributed by atoms with E-state index in [4.69, 9.17) is 5.73 Å².